The van der Waals surface area contributed by atoms with Gasteiger partial charge in [0.1, 0.15) is 0 Å². The maximum Gasteiger partial charge on any atom is 0.338 e. The van der Waals surface area contributed by atoms with Gasteiger partial charge in [-0.2, -0.15) is 0 Å². The van der Waals surface area contributed by atoms with E-state index in [4.69, 9.17) is 16.3 Å². The van der Waals surface area contributed by atoms with E-state index in [0.717, 1.165) is 3.57 Å². The molecule has 0 aliphatic heterocycles. The first-order chi connectivity index (χ1) is 8.11. The van der Waals surface area contributed by atoms with Gasteiger partial charge in [0.2, 0.25) is 0 Å². The number of halogens is 2. The molecule has 0 radical (unpaired) electrons. The molecule has 3 nitrogen and oxygen atoms in total. The lowest BCUT2D eigenvalue weighted by atomic mass is 10.0. The first-order valence-corrected chi connectivity index (χ1v) is 6.78. The molecule has 0 aliphatic carbocycles. The molecule has 0 saturated carbocycles. The number of ether oxygens (including phenoxy) is 1. The SMILES string of the molecule is CCOC(=O)c1cccc(I)c1C(=O)CCCl. The quantitative estimate of drug-likeness (QED) is 0.348. The summed E-state index contributed by atoms with van der Waals surface area (Å²) in [5, 5.41) is 0. The largest absolute Gasteiger partial charge is 0.462 e. The van der Waals surface area contributed by atoms with Crippen LogP contribution in [-0.2, 0) is 4.74 Å². The minimum absolute atomic E-state index is 0.131. The number of alkyl halides is 1. The molecule has 1 rings (SSSR count). The van der Waals surface area contributed by atoms with Crippen LogP contribution < -0.4 is 0 Å². The molecule has 17 heavy (non-hydrogen) atoms. The fourth-order valence-corrected chi connectivity index (χ4v) is 2.37. The monoisotopic (exact) mass is 366 g/mol. The van der Waals surface area contributed by atoms with E-state index in [2.05, 4.69) is 0 Å². The van der Waals surface area contributed by atoms with E-state index in [9.17, 15) is 9.59 Å². The first-order valence-electron chi connectivity index (χ1n) is 5.16. The zero-order valence-electron chi connectivity index (χ0n) is 9.33. The Morgan fingerprint density at radius 3 is 2.71 bits per heavy atom. The van der Waals surface area contributed by atoms with Gasteiger partial charge in [0.15, 0.2) is 5.78 Å². The maximum atomic E-state index is 11.9. The lowest BCUT2D eigenvalue weighted by molar-refractivity contribution is 0.0523. The standard InChI is InChI=1S/C12H12ClIO3/c1-2-17-12(16)8-4-3-5-9(14)11(8)10(15)6-7-13/h3-5H,2,6-7H2,1H3. The molecule has 0 spiro atoms. The molecule has 0 saturated heterocycles. The number of carbonyl (C=O) groups is 2. The Balaban J connectivity index is 3.17. The highest BCUT2D eigenvalue weighted by Crippen LogP contribution is 2.20. The van der Waals surface area contributed by atoms with E-state index < -0.39 is 5.97 Å². The molecule has 1 aromatic rings. The van der Waals surface area contributed by atoms with E-state index in [0.29, 0.717) is 11.1 Å². The van der Waals surface area contributed by atoms with Crippen LogP contribution in [0.4, 0.5) is 0 Å². The fourth-order valence-electron chi connectivity index (χ4n) is 1.40. The fraction of sp³-hybridized carbons (Fsp3) is 0.333. The average molecular weight is 367 g/mol. The van der Waals surface area contributed by atoms with Gasteiger partial charge in [-0.1, -0.05) is 6.07 Å². The zero-order valence-corrected chi connectivity index (χ0v) is 12.2. The number of hydrogen-bond donors (Lipinski definition) is 0. The normalized spacial score (nSPS) is 10.1. The second-order valence-corrected chi connectivity index (χ2v) is 4.79. The second-order valence-electron chi connectivity index (χ2n) is 3.25. The number of ketones is 1. The topological polar surface area (TPSA) is 43.4 Å². The highest BCUT2D eigenvalue weighted by atomic mass is 127. The summed E-state index contributed by atoms with van der Waals surface area (Å²) in [6.07, 6.45) is 0.216. The van der Waals surface area contributed by atoms with Gasteiger partial charge in [0.05, 0.1) is 12.2 Å². The van der Waals surface area contributed by atoms with Gasteiger partial charge < -0.3 is 4.74 Å². The molecule has 0 amide bonds. The summed E-state index contributed by atoms with van der Waals surface area (Å²) in [7, 11) is 0. The van der Waals surface area contributed by atoms with Crippen LogP contribution >= 0.6 is 34.2 Å². The zero-order chi connectivity index (χ0) is 12.8. The maximum absolute atomic E-state index is 11.9. The minimum atomic E-state index is -0.469. The van der Waals surface area contributed by atoms with Crippen LogP contribution in [0.5, 0.6) is 0 Å². The van der Waals surface area contributed by atoms with Gasteiger partial charge in [-0.15, -0.1) is 11.6 Å². The van der Waals surface area contributed by atoms with Crippen LogP contribution in [0, 0.1) is 3.57 Å². The first kappa shape index (κ1) is 14.4. The molecule has 0 aromatic heterocycles. The van der Waals surface area contributed by atoms with Crippen LogP contribution in [0.15, 0.2) is 18.2 Å². The molecule has 1 aromatic carbocycles. The summed E-state index contributed by atoms with van der Waals surface area (Å²) >= 11 is 7.58. The molecule has 0 bridgehead atoms. The third-order valence-corrected chi connectivity index (χ3v) is 3.20. The predicted molar refractivity (Wildman–Crippen MR) is 74.8 cm³/mol. The molecular formula is C12H12ClIO3. The van der Waals surface area contributed by atoms with Crippen molar-refractivity contribution >= 4 is 45.9 Å². The molecule has 5 heteroatoms. The molecule has 0 unspecified atom stereocenters. The summed E-state index contributed by atoms with van der Waals surface area (Å²) in [4.78, 5) is 23.6. The number of rotatable bonds is 5. The summed E-state index contributed by atoms with van der Waals surface area (Å²) < 4.78 is 5.66. The Bertz CT molecular complexity index is 432. The van der Waals surface area contributed by atoms with Crippen LogP contribution in [0.1, 0.15) is 34.1 Å². The number of hydrogen-bond acceptors (Lipinski definition) is 3. The van der Waals surface area contributed by atoms with E-state index in [1.54, 1.807) is 25.1 Å². The second kappa shape index (κ2) is 6.96. The third kappa shape index (κ3) is 3.67. The Morgan fingerprint density at radius 2 is 2.12 bits per heavy atom. The van der Waals surface area contributed by atoms with Crippen molar-refractivity contribution in [2.75, 3.05) is 12.5 Å². The summed E-state index contributed by atoms with van der Waals surface area (Å²) in [6, 6.07) is 5.11. The molecule has 0 heterocycles. The number of Topliss-reactive ketones (excluding diaryl/α,β-unsaturated/α-hetero) is 1. The Kier molecular flexibility index (Phi) is 5.91. The average Bonchev–Trinajstić information content (AvgIpc) is 2.29. The van der Waals surface area contributed by atoms with Crippen molar-refractivity contribution in [3.05, 3.63) is 32.9 Å². The van der Waals surface area contributed by atoms with Gasteiger partial charge in [0.25, 0.3) is 0 Å². The van der Waals surface area contributed by atoms with Gasteiger partial charge in [-0.3, -0.25) is 4.79 Å². The highest BCUT2D eigenvalue weighted by Gasteiger charge is 2.20. The predicted octanol–water partition coefficient (Wildman–Crippen LogP) is 3.28. The summed E-state index contributed by atoms with van der Waals surface area (Å²) in [5.74, 6) is -0.358. The number of carbonyl (C=O) groups excluding carboxylic acids is 2. The van der Waals surface area contributed by atoms with Crippen molar-refractivity contribution < 1.29 is 14.3 Å². The van der Waals surface area contributed by atoms with Crippen molar-refractivity contribution in [3.63, 3.8) is 0 Å². The van der Waals surface area contributed by atoms with E-state index in [-0.39, 0.29) is 24.7 Å². The van der Waals surface area contributed by atoms with E-state index in [1.165, 1.54) is 0 Å². The van der Waals surface area contributed by atoms with Crippen molar-refractivity contribution in [1.82, 2.24) is 0 Å². The van der Waals surface area contributed by atoms with Gasteiger partial charge in [-0.05, 0) is 41.6 Å². The van der Waals surface area contributed by atoms with Crippen LogP contribution in [-0.4, -0.2) is 24.2 Å². The Morgan fingerprint density at radius 1 is 1.41 bits per heavy atom. The van der Waals surface area contributed by atoms with E-state index >= 15 is 0 Å². The minimum Gasteiger partial charge on any atom is -0.462 e. The van der Waals surface area contributed by atoms with Crippen molar-refractivity contribution in [2.24, 2.45) is 0 Å². The highest BCUT2D eigenvalue weighted by molar-refractivity contribution is 14.1. The molecule has 0 N–H and O–H groups in total. The lowest BCUT2D eigenvalue weighted by Crippen LogP contribution is -2.13. The lowest BCUT2D eigenvalue weighted by Gasteiger charge is -2.09. The Hall–Kier alpha value is -0.620. The smallest absolute Gasteiger partial charge is 0.338 e. The Labute approximate surface area is 119 Å². The third-order valence-electron chi connectivity index (χ3n) is 2.11. The van der Waals surface area contributed by atoms with Gasteiger partial charge in [-0.25, -0.2) is 4.79 Å². The van der Waals surface area contributed by atoms with E-state index in [1.807, 2.05) is 22.6 Å². The molecule has 92 valence electrons. The number of benzene rings is 1. The van der Waals surface area contributed by atoms with Crippen molar-refractivity contribution in [3.8, 4) is 0 Å². The van der Waals surface area contributed by atoms with Crippen molar-refractivity contribution in [1.29, 1.82) is 0 Å². The van der Waals surface area contributed by atoms with Crippen LogP contribution in [0.2, 0.25) is 0 Å². The molecule has 0 fully saturated rings. The van der Waals surface area contributed by atoms with Crippen LogP contribution in [0.3, 0.4) is 0 Å². The summed E-state index contributed by atoms with van der Waals surface area (Å²) in [5.41, 5.74) is 0.723. The molecular weight excluding hydrogens is 354 g/mol. The molecule has 0 aliphatic rings. The summed E-state index contributed by atoms with van der Waals surface area (Å²) in [6.45, 7) is 2.01. The molecule has 0 atom stereocenters. The van der Waals surface area contributed by atoms with Gasteiger partial charge in [0, 0.05) is 21.4 Å². The van der Waals surface area contributed by atoms with Crippen LogP contribution in [0.25, 0.3) is 0 Å². The van der Waals surface area contributed by atoms with Gasteiger partial charge >= 0.3 is 5.97 Å². The number of esters is 1. The van der Waals surface area contributed by atoms with Crippen molar-refractivity contribution in [2.45, 2.75) is 13.3 Å².